The Morgan fingerprint density at radius 1 is 1.22 bits per heavy atom. The van der Waals surface area contributed by atoms with Gasteiger partial charge in [-0.3, -0.25) is 4.79 Å². The van der Waals surface area contributed by atoms with Crippen LogP contribution >= 0.6 is 0 Å². The van der Waals surface area contributed by atoms with Crippen molar-refractivity contribution in [3.63, 3.8) is 0 Å². The van der Waals surface area contributed by atoms with Gasteiger partial charge in [0.1, 0.15) is 5.75 Å². The standard InChI is InChI=1S/C22H21N3O2/c1-16-13-24(15-23-16)19-10-8-17(12-21(19)27-2)9-11-22(26)25-14-20(25)18-6-4-3-5-7-18/h3-13,15,20H,14H2,1-2H3/b11-9+. The molecule has 3 aromatic rings. The summed E-state index contributed by atoms with van der Waals surface area (Å²) < 4.78 is 7.44. The van der Waals surface area contributed by atoms with E-state index in [4.69, 9.17) is 4.74 Å². The number of hydrogen-bond acceptors (Lipinski definition) is 3. The third kappa shape index (κ3) is 3.62. The topological polar surface area (TPSA) is 47.1 Å². The molecule has 2 aromatic carbocycles. The van der Waals surface area contributed by atoms with E-state index >= 15 is 0 Å². The number of nitrogens with zero attached hydrogens (tertiary/aromatic N) is 3. The second-order valence-corrected chi connectivity index (χ2v) is 6.60. The van der Waals surface area contributed by atoms with Crippen LogP contribution < -0.4 is 4.74 Å². The molecule has 0 aliphatic carbocycles. The smallest absolute Gasteiger partial charge is 0.247 e. The lowest BCUT2D eigenvalue weighted by Gasteiger charge is -2.10. The average Bonchev–Trinajstić information content (AvgIpc) is 3.40. The van der Waals surface area contributed by atoms with Crippen LogP contribution in [0.25, 0.3) is 11.8 Å². The minimum Gasteiger partial charge on any atom is -0.495 e. The highest BCUT2D eigenvalue weighted by Gasteiger charge is 2.38. The molecule has 1 saturated heterocycles. The lowest BCUT2D eigenvalue weighted by atomic mass is 10.1. The van der Waals surface area contributed by atoms with Crippen LogP contribution in [-0.4, -0.2) is 34.0 Å². The molecule has 1 atom stereocenters. The highest BCUT2D eigenvalue weighted by Crippen LogP contribution is 2.34. The molecule has 136 valence electrons. The summed E-state index contributed by atoms with van der Waals surface area (Å²) in [6.45, 7) is 2.72. The van der Waals surface area contributed by atoms with Crippen LogP contribution in [0.1, 0.15) is 22.9 Å². The fourth-order valence-corrected chi connectivity index (χ4v) is 3.17. The number of rotatable bonds is 5. The molecule has 1 aromatic heterocycles. The van der Waals surface area contributed by atoms with Gasteiger partial charge in [0.2, 0.25) is 5.91 Å². The number of amides is 1. The van der Waals surface area contributed by atoms with Crippen molar-refractivity contribution < 1.29 is 9.53 Å². The van der Waals surface area contributed by atoms with Gasteiger partial charge < -0.3 is 14.2 Å². The maximum atomic E-state index is 12.4. The number of methoxy groups -OCH3 is 1. The predicted molar refractivity (Wildman–Crippen MR) is 105 cm³/mol. The zero-order valence-electron chi connectivity index (χ0n) is 15.4. The van der Waals surface area contributed by atoms with E-state index in [-0.39, 0.29) is 11.9 Å². The van der Waals surface area contributed by atoms with Crippen LogP contribution in [-0.2, 0) is 4.79 Å². The van der Waals surface area contributed by atoms with Gasteiger partial charge in [0.15, 0.2) is 0 Å². The fraction of sp³-hybridized carbons (Fsp3) is 0.182. The van der Waals surface area contributed by atoms with Crippen molar-refractivity contribution in [3.05, 3.63) is 84.0 Å². The maximum Gasteiger partial charge on any atom is 0.247 e. The summed E-state index contributed by atoms with van der Waals surface area (Å²) >= 11 is 0. The first-order valence-electron chi connectivity index (χ1n) is 8.88. The Kier molecular flexibility index (Phi) is 4.50. The number of hydrogen-bond donors (Lipinski definition) is 0. The molecule has 4 rings (SSSR count). The highest BCUT2D eigenvalue weighted by atomic mass is 16.5. The number of aryl methyl sites for hydroxylation is 1. The summed E-state index contributed by atoms with van der Waals surface area (Å²) in [7, 11) is 1.64. The number of ether oxygens (including phenoxy) is 1. The third-order valence-corrected chi connectivity index (χ3v) is 4.69. The van der Waals surface area contributed by atoms with Gasteiger partial charge in [0.05, 0.1) is 30.9 Å². The molecular weight excluding hydrogens is 338 g/mol. The molecule has 5 heteroatoms. The van der Waals surface area contributed by atoms with Gasteiger partial charge in [-0.15, -0.1) is 0 Å². The zero-order valence-corrected chi connectivity index (χ0v) is 15.4. The molecule has 0 radical (unpaired) electrons. The molecule has 1 unspecified atom stereocenters. The minimum absolute atomic E-state index is 0.0251. The third-order valence-electron chi connectivity index (χ3n) is 4.69. The van der Waals surface area contributed by atoms with Gasteiger partial charge in [-0.05, 0) is 36.3 Å². The van der Waals surface area contributed by atoms with Crippen molar-refractivity contribution in [1.82, 2.24) is 14.5 Å². The zero-order chi connectivity index (χ0) is 18.8. The van der Waals surface area contributed by atoms with E-state index in [0.29, 0.717) is 0 Å². The van der Waals surface area contributed by atoms with Gasteiger partial charge >= 0.3 is 0 Å². The maximum absolute atomic E-state index is 12.4. The lowest BCUT2D eigenvalue weighted by molar-refractivity contribution is -0.121. The van der Waals surface area contributed by atoms with E-state index in [1.807, 2.05) is 65.1 Å². The van der Waals surface area contributed by atoms with Crippen LogP contribution in [0.15, 0.2) is 67.1 Å². The number of imidazole rings is 1. The Balaban J connectivity index is 1.47. The number of benzene rings is 2. The van der Waals surface area contributed by atoms with Crippen LogP contribution in [0, 0.1) is 6.92 Å². The molecule has 1 aliphatic rings. The molecular formula is C22H21N3O2. The van der Waals surface area contributed by atoms with Crippen LogP contribution in [0.4, 0.5) is 0 Å². The van der Waals surface area contributed by atoms with E-state index in [2.05, 4.69) is 17.1 Å². The molecule has 0 bridgehead atoms. The molecule has 2 heterocycles. The van der Waals surface area contributed by atoms with Crippen molar-refractivity contribution in [2.45, 2.75) is 13.0 Å². The summed E-state index contributed by atoms with van der Waals surface area (Å²) in [6, 6.07) is 16.2. The Labute approximate surface area is 158 Å². The van der Waals surface area contributed by atoms with Crippen molar-refractivity contribution >= 4 is 12.0 Å². The first-order chi connectivity index (χ1) is 13.2. The summed E-state index contributed by atoms with van der Waals surface area (Å²) in [5.74, 6) is 0.757. The molecule has 27 heavy (non-hydrogen) atoms. The van der Waals surface area contributed by atoms with Crippen LogP contribution in [0.3, 0.4) is 0 Å². The van der Waals surface area contributed by atoms with Gasteiger partial charge in [-0.2, -0.15) is 0 Å². The largest absolute Gasteiger partial charge is 0.495 e. The molecule has 0 saturated carbocycles. The molecule has 1 amide bonds. The number of carbonyl (C=O) groups excluding carboxylic acids is 1. The van der Waals surface area contributed by atoms with Gasteiger partial charge in [0, 0.05) is 18.8 Å². The quantitative estimate of drug-likeness (QED) is 0.514. The molecule has 0 N–H and O–H groups in total. The normalized spacial score (nSPS) is 15.9. The average molecular weight is 359 g/mol. The Hall–Kier alpha value is -3.34. The van der Waals surface area contributed by atoms with Gasteiger partial charge in [-0.25, -0.2) is 4.98 Å². The van der Waals surface area contributed by atoms with Gasteiger partial charge in [0.25, 0.3) is 0 Å². The first kappa shape index (κ1) is 17.1. The minimum atomic E-state index is 0.0251. The van der Waals surface area contributed by atoms with Crippen molar-refractivity contribution in [1.29, 1.82) is 0 Å². The van der Waals surface area contributed by atoms with E-state index in [1.165, 1.54) is 5.56 Å². The van der Waals surface area contributed by atoms with Crippen molar-refractivity contribution in [3.8, 4) is 11.4 Å². The monoisotopic (exact) mass is 359 g/mol. The summed E-state index contributed by atoms with van der Waals surface area (Å²) in [4.78, 5) is 18.5. The van der Waals surface area contributed by atoms with Crippen LogP contribution in [0.5, 0.6) is 5.75 Å². The Morgan fingerprint density at radius 3 is 2.74 bits per heavy atom. The van der Waals surface area contributed by atoms with E-state index in [1.54, 1.807) is 19.5 Å². The van der Waals surface area contributed by atoms with E-state index in [9.17, 15) is 4.79 Å². The second kappa shape index (κ2) is 7.11. The lowest BCUT2D eigenvalue weighted by Crippen LogP contribution is -2.07. The Bertz CT molecular complexity index is 992. The number of aromatic nitrogens is 2. The van der Waals surface area contributed by atoms with Gasteiger partial charge in [-0.1, -0.05) is 36.4 Å². The summed E-state index contributed by atoms with van der Waals surface area (Å²) in [5.41, 5.74) is 3.95. The van der Waals surface area contributed by atoms with E-state index < -0.39 is 0 Å². The summed E-state index contributed by atoms with van der Waals surface area (Å²) in [6.07, 6.45) is 7.16. The molecule has 5 nitrogen and oxygen atoms in total. The molecule has 1 fully saturated rings. The van der Waals surface area contributed by atoms with Crippen LogP contribution in [0.2, 0.25) is 0 Å². The predicted octanol–water partition coefficient (Wildman–Crippen LogP) is 3.79. The summed E-state index contributed by atoms with van der Waals surface area (Å²) in [5, 5.41) is 0. The second-order valence-electron chi connectivity index (χ2n) is 6.60. The SMILES string of the molecule is COc1cc(/C=C/C(=O)N2CC2c2ccccc2)ccc1-n1cnc(C)c1. The number of carbonyl (C=O) groups is 1. The van der Waals surface area contributed by atoms with Crippen molar-refractivity contribution in [2.75, 3.05) is 13.7 Å². The first-order valence-corrected chi connectivity index (χ1v) is 8.88. The molecule has 0 spiro atoms. The van der Waals surface area contributed by atoms with Crippen molar-refractivity contribution in [2.24, 2.45) is 0 Å². The molecule has 1 aliphatic heterocycles. The Morgan fingerprint density at radius 2 is 2.04 bits per heavy atom. The highest BCUT2D eigenvalue weighted by molar-refractivity contribution is 5.93. The fourth-order valence-electron chi connectivity index (χ4n) is 3.17. The van der Waals surface area contributed by atoms with E-state index in [0.717, 1.165) is 29.2 Å².